The van der Waals surface area contributed by atoms with E-state index in [1.807, 2.05) is 155 Å². The number of carbonyl (C=O) groups is 2. The summed E-state index contributed by atoms with van der Waals surface area (Å²) in [6, 6.07) is 66.6. The van der Waals surface area contributed by atoms with Gasteiger partial charge in [0, 0.05) is 176 Å². The number of aromatic hydroxyl groups is 12. The summed E-state index contributed by atoms with van der Waals surface area (Å²) >= 11 is 0. The molecule has 0 saturated carbocycles. The van der Waals surface area contributed by atoms with Crippen LogP contribution < -0.4 is 54.1 Å². The molecule has 14 aromatic rings. The second-order valence-electron chi connectivity index (χ2n) is 37.4. The maximum Gasteiger partial charge on any atom is 0.255 e. The predicted molar refractivity (Wildman–Crippen MR) is 562 cm³/mol. The number of amides is 2. The summed E-state index contributed by atoms with van der Waals surface area (Å²) in [6.45, 7) is 21.1. The Morgan fingerprint density at radius 3 is 0.993 bits per heavy atom. The number of phenolic OH excluding ortho intramolecular Hbond substituents is 12. The van der Waals surface area contributed by atoms with Crippen LogP contribution in [-0.2, 0) is 25.7 Å². The van der Waals surface area contributed by atoms with Crippen molar-refractivity contribution >= 4 is 54.9 Å². The molecule has 726 valence electrons. The SMILES string of the molecule is Cc1c(-c2c(C)c(=O)c3c(CC(C)c4ccccc4)c(=O)c(=O)cc-3c2=O)c(O)c2cc(O)c(C)c(CC(C)c3ccccc3)c2c1O.Cc1c(-c2c(C)c(=O)c3c(Cc4ccccc4)c(=O)c(=O)cc-3c2=O)c(O)c2cc(O)c(O)c(Cc3ccccc3)c2c1O.Cc1cc2c(O)c(-c3c(C)cc4c(C(=O)NC[C@H](C)c5ccccc5)c(O)c(O)cc4c3O)c(C)cc2c(C(=O)NC[C@H](C)c2ccccc2)c1O. The summed E-state index contributed by atoms with van der Waals surface area (Å²) in [7, 11) is 0. The van der Waals surface area contributed by atoms with E-state index in [1.54, 1.807) is 107 Å². The average molecular weight is 1930 g/mol. The van der Waals surface area contributed by atoms with E-state index < -0.39 is 84.0 Å². The highest BCUT2D eigenvalue weighted by atomic mass is 16.3. The van der Waals surface area contributed by atoms with Gasteiger partial charge >= 0.3 is 0 Å². The Labute approximate surface area is 825 Å². The molecule has 0 bridgehead atoms. The van der Waals surface area contributed by atoms with E-state index in [4.69, 9.17) is 0 Å². The standard InChI is InChI=1S/C43H42N2O7.C41H36O7.C36H26O8/c1-22-16-29-31(18-24(3)38(47)36(29)42(51)44-20-25(4)27-12-8-6-9-13-27)39(48)34(22)35-23(2)17-30-32(40(35)49)19-33(46)41(50)37(30)43(52)45-21-26(5)28-14-10-7-11-15-28;1-20(25-12-8-6-9-13-25)16-27-22(3)31(42)18-29-35(27)37(44)23(4)33(40(29)47)34-24(5)38(45)36-28(17-21(2)26-14-10-7-11-15-26)39(46)32(43)19-30(36)41(34)48;1-17-27(35(43)23-15-25(37)33(41)21(29(23)31(17)39)13-19-9-5-3-6-10-19)28-18(2)32(40)30-22(14-20-11-7-4-8-12-20)34(42)26(38)16-24(30)36(28)44/h6-19,25-26,46-50H,20-21H2,1-5H3,(H,44,51)(H,45,52);6-15,18-21,42,44,47H,16-17H2,1-5H3;3-12,15-16,37,39,41,43H,13-14H2,1-2H3/t25-,26-;;/m0../s1. The molecule has 0 heterocycles. The third-order valence-corrected chi connectivity index (χ3v) is 28.1. The fourth-order valence-corrected chi connectivity index (χ4v) is 20.1. The largest absolute Gasteiger partial charge is 0.508 e. The second-order valence-corrected chi connectivity index (χ2v) is 37.4. The predicted octanol–water partition coefficient (Wildman–Crippen LogP) is 19.4. The fraction of sp³-hybridized carbons (Fsp3) is 0.183. The van der Waals surface area contributed by atoms with Crippen molar-refractivity contribution in [1.82, 2.24) is 10.6 Å². The van der Waals surface area contributed by atoms with Gasteiger partial charge in [-0.15, -0.1) is 0 Å². The molecule has 14 N–H and O–H groups in total. The zero-order chi connectivity index (χ0) is 103. The Morgan fingerprint density at radius 1 is 0.257 bits per heavy atom. The summed E-state index contributed by atoms with van der Waals surface area (Å²) in [5.41, 5.74) is 0.913. The second kappa shape index (κ2) is 40.0. The third-order valence-electron chi connectivity index (χ3n) is 28.1. The maximum absolute atomic E-state index is 14.3. The number of benzene rings is 18. The van der Waals surface area contributed by atoms with E-state index in [9.17, 15) is 109 Å². The van der Waals surface area contributed by atoms with Crippen molar-refractivity contribution in [3.63, 3.8) is 0 Å². The molecule has 4 atom stereocenters. The first-order valence-electron chi connectivity index (χ1n) is 47.0. The molecule has 24 nitrogen and oxygen atoms in total. The van der Waals surface area contributed by atoms with Gasteiger partial charge in [-0.05, 0) is 189 Å². The number of fused-ring (bicyclic) bond motifs is 6. The minimum absolute atomic E-state index is 0.00132. The van der Waals surface area contributed by atoms with Crippen LogP contribution >= 0.6 is 0 Å². The maximum atomic E-state index is 14.3. The van der Waals surface area contributed by atoms with E-state index in [1.165, 1.54) is 32.9 Å². The summed E-state index contributed by atoms with van der Waals surface area (Å²) in [4.78, 5) is 135. The monoisotopic (exact) mass is 1920 g/mol. The highest BCUT2D eigenvalue weighted by Gasteiger charge is 2.36. The summed E-state index contributed by atoms with van der Waals surface area (Å²) in [6.07, 6.45) is 0.581. The molecule has 2 unspecified atom stereocenters. The summed E-state index contributed by atoms with van der Waals surface area (Å²) in [5.74, 6) is -5.92. The van der Waals surface area contributed by atoms with Crippen LogP contribution in [0.4, 0.5) is 0 Å². The first kappa shape index (κ1) is 99.5. The lowest BCUT2D eigenvalue weighted by molar-refractivity contribution is 0.0942. The number of phenols is 12. The van der Waals surface area contributed by atoms with E-state index in [-0.39, 0.29) is 228 Å². The van der Waals surface area contributed by atoms with Crippen LogP contribution in [0.1, 0.15) is 172 Å². The molecular formula is C120H104N2O22. The molecule has 18 rings (SSSR count). The number of aryl methyl sites for hydroxylation is 3. The van der Waals surface area contributed by atoms with Gasteiger partial charge in [0.2, 0.25) is 21.7 Å². The van der Waals surface area contributed by atoms with Crippen LogP contribution in [0.5, 0.6) is 69.0 Å². The minimum atomic E-state index is -0.942. The van der Waals surface area contributed by atoms with Gasteiger partial charge < -0.3 is 71.9 Å². The van der Waals surface area contributed by atoms with Crippen molar-refractivity contribution in [2.45, 2.75) is 132 Å². The quantitative estimate of drug-likeness (QED) is 0.0180. The fourth-order valence-electron chi connectivity index (χ4n) is 20.1. The zero-order valence-corrected chi connectivity index (χ0v) is 80.9. The molecule has 0 fully saturated rings. The van der Waals surface area contributed by atoms with Gasteiger partial charge in [0.25, 0.3) is 11.8 Å². The van der Waals surface area contributed by atoms with Crippen LogP contribution in [0.15, 0.2) is 269 Å². The van der Waals surface area contributed by atoms with Crippen molar-refractivity contribution in [2.24, 2.45) is 0 Å². The highest BCUT2D eigenvalue weighted by molar-refractivity contribution is 6.17. The molecule has 0 radical (unpaired) electrons. The smallest absolute Gasteiger partial charge is 0.255 e. The number of carbonyl (C=O) groups excluding carboxylic acids is 2. The van der Waals surface area contributed by atoms with E-state index in [2.05, 4.69) is 10.6 Å². The molecule has 0 aliphatic heterocycles. The molecule has 144 heavy (non-hydrogen) atoms. The van der Waals surface area contributed by atoms with Gasteiger partial charge in [-0.3, -0.25) is 47.9 Å². The van der Waals surface area contributed by atoms with E-state index in [0.29, 0.717) is 57.1 Å². The average Bonchev–Trinajstić information content (AvgIpc) is 0.724. The van der Waals surface area contributed by atoms with Gasteiger partial charge in [-0.1, -0.05) is 210 Å². The molecule has 14 aromatic carbocycles. The van der Waals surface area contributed by atoms with Crippen molar-refractivity contribution in [3.8, 4) is 125 Å². The van der Waals surface area contributed by atoms with Gasteiger partial charge in [0.15, 0.2) is 44.7 Å². The van der Waals surface area contributed by atoms with Crippen molar-refractivity contribution in [3.05, 3.63) is 424 Å². The minimum Gasteiger partial charge on any atom is -0.508 e. The Bertz CT molecular complexity index is 8490. The van der Waals surface area contributed by atoms with Gasteiger partial charge in [0.1, 0.15) is 46.0 Å². The third kappa shape index (κ3) is 18.0. The lowest BCUT2D eigenvalue weighted by Gasteiger charge is -2.22. The Hall–Kier alpha value is -17.5. The molecule has 0 aromatic heterocycles. The Kier molecular flexibility index (Phi) is 27.6. The van der Waals surface area contributed by atoms with Crippen LogP contribution in [0.25, 0.3) is 98.7 Å². The lowest BCUT2D eigenvalue weighted by atomic mass is 9.82. The molecule has 2 amide bonds. The zero-order valence-electron chi connectivity index (χ0n) is 80.9. The van der Waals surface area contributed by atoms with Crippen LogP contribution in [0.2, 0.25) is 0 Å². The van der Waals surface area contributed by atoms with Crippen LogP contribution in [-0.4, -0.2) is 86.2 Å². The Morgan fingerprint density at radius 2 is 0.576 bits per heavy atom. The van der Waals surface area contributed by atoms with Gasteiger partial charge in [0.05, 0.1) is 11.1 Å². The molecule has 4 aliphatic rings. The van der Waals surface area contributed by atoms with Gasteiger partial charge in [-0.2, -0.15) is 0 Å². The molecular weight excluding hydrogens is 1820 g/mol. The number of hydrogen-bond donors (Lipinski definition) is 14. The lowest BCUT2D eigenvalue weighted by Crippen LogP contribution is -2.35. The highest BCUT2D eigenvalue weighted by Crippen LogP contribution is 2.55. The molecule has 0 spiro atoms. The molecule has 0 saturated heterocycles. The normalized spacial score (nSPS) is 12.3. The van der Waals surface area contributed by atoms with Crippen molar-refractivity contribution < 1.29 is 70.9 Å². The number of hydrogen-bond acceptors (Lipinski definition) is 22. The van der Waals surface area contributed by atoms with E-state index in [0.717, 1.165) is 46.0 Å². The van der Waals surface area contributed by atoms with E-state index >= 15 is 0 Å². The first-order valence-corrected chi connectivity index (χ1v) is 47.0. The van der Waals surface area contributed by atoms with Crippen molar-refractivity contribution in [2.75, 3.05) is 13.1 Å². The number of nitrogens with one attached hydrogen (secondary N) is 2. The Balaban J connectivity index is 0.000000155. The van der Waals surface area contributed by atoms with Crippen LogP contribution in [0.3, 0.4) is 0 Å². The number of rotatable bonds is 21. The topological polar surface area (TPSA) is 438 Å². The van der Waals surface area contributed by atoms with Crippen molar-refractivity contribution in [1.29, 1.82) is 0 Å². The molecule has 4 aliphatic carbocycles. The van der Waals surface area contributed by atoms with Gasteiger partial charge in [-0.25, -0.2) is 0 Å². The first-order chi connectivity index (χ1) is 68.6. The summed E-state index contributed by atoms with van der Waals surface area (Å²) < 4.78 is 0. The summed E-state index contributed by atoms with van der Waals surface area (Å²) in [5, 5.41) is 143. The van der Waals surface area contributed by atoms with Crippen LogP contribution in [0, 0.1) is 55.4 Å². The molecule has 24 heteroatoms.